The number of methoxy groups -OCH3 is 1. The van der Waals surface area contributed by atoms with Crippen LogP contribution in [-0.2, 0) is 24.1 Å². The van der Waals surface area contributed by atoms with Crippen LogP contribution in [0.25, 0.3) is 0 Å². The highest BCUT2D eigenvalue weighted by molar-refractivity contribution is 5.98. The Kier molecular flexibility index (Phi) is 5.58. The summed E-state index contributed by atoms with van der Waals surface area (Å²) in [5.41, 5.74) is 6.33. The first kappa shape index (κ1) is 18.9. The number of ether oxygens (including phenoxy) is 1. The zero-order valence-corrected chi connectivity index (χ0v) is 16.8. The maximum Gasteiger partial charge on any atom is 0.250 e. The quantitative estimate of drug-likeness (QED) is 0.770. The molecule has 2 aliphatic rings. The summed E-state index contributed by atoms with van der Waals surface area (Å²) in [5, 5.41) is 0. The molecule has 0 radical (unpaired) electrons. The SMILES string of the molecule is COc1cccc2c1CCCC2CN(C)CCc1ccc2c(c1)CC(=O)N=C2. The molecule has 4 nitrogen and oxygen atoms in total. The smallest absolute Gasteiger partial charge is 0.250 e. The van der Waals surface area contributed by atoms with Gasteiger partial charge in [-0.3, -0.25) is 4.79 Å². The number of fused-ring (bicyclic) bond motifs is 2. The van der Waals surface area contributed by atoms with E-state index in [-0.39, 0.29) is 5.91 Å². The number of carbonyl (C=O) groups excluding carboxylic acids is 1. The number of hydrogen-bond donors (Lipinski definition) is 0. The van der Waals surface area contributed by atoms with Crippen molar-refractivity contribution in [2.75, 3.05) is 27.2 Å². The third kappa shape index (κ3) is 4.02. The molecule has 2 aromatic carbocycles. The van der Waals surface area contributed by atoms with Crippen LogP contribution in [0.15, 0.2) is 41.4 Å². The van der Waals surface area contributed by atoms with E-state index in [1.165, 1.54) is 29.5 Å². The number of benzene rings is 2. The molecular weight excluding hydrogens is 348 g/mol. The van der Waals surface area contributed by atoms with E-state index in [1.807, 2.05) is 0 Å². The van der Waals surface area contributed by atoms with Crippen molar-refractivity contribution in [3.63, 3.8) is 0 Å². The summed E-state index contributed by atoms with van der Waals surface area (Å²) in [6, 6.07) is 12.9. The predicted molar refractivity (Wildman–Crippen MR) is 113 cm³/mol. The molecule has 1 aliphatic heterocycles. The van der Waals surface area contributed by atoms with Gasteiger partial charge in [-0.1, -0.05) is 30.3 Å². The third-order valence-corrected chi connectivity index (χ3v) is 6.02. The molecule has 1 unspecified atom stereocenters. The fourth-order valence-corrected chi connectivity index (χ4v) is 4.53. The molecule has 1 atom stereocenters. The molecule has 28 heavy (non-hydrogen) atoms. The van der Waals surface area contributed by atoms with Gasteiger partial charge in [0, 0.05) is 19.3 Å². The highest BCUT2D eigenvalue weighted by Gasteiger charge is 2.23. The first-order valence-electron chi connectivity index (χ1n) is 10.2. The first-order chi connectivity index (χ1) is 13.6. The number of amides is 1. The van der Waals surface area contributed by atoms with Crippen molar-refractivity contribution in [3.05, 3.63) is 64.2 Å². The second-order valence-corrected chi connectivity index (χ2v) is 7.99. The standard InChI is InChI=1S/C24H28N2O2/c1-26(12-11-17-9-10-18-15-25-24(27)14-20(18)13-17)16-19-5-3-7-22-21(19)6-4-8-23(22)28-2/h4,6,8-10,13,15,19H,3,5,7,11-12,14,16H2,1-2H3. The molecule has 1 aliphatic carbocycles. The molecule has 0 N–H and O–H groups in total. The van der Waals surface area contributed by atoms with Crippen LogP contribution in [-0.4, -0.2) is 44.3 Å². The largest absolute Gasteiger partial charge is 0.496 e. The van der Waals surface area contributed by atoms with Crippen LogP contribution in [0.2, 0.25) is 0 Å². The van der Waals surface area contributed by atoms with E-state index in [4.69, 9.17) is 4.74 Å². The van der Waals surface area contributed by atoms with Gasteiger partial charge in [-0.15, -0.1) is 0 Å². The molecule has 4 rings (SSSR count). The summed E-state index contributed by atoms with van der Waals surface area (Å²) in [6.07, 6.45) is 6.70. The van der Waals surface area contributed by atoms with E-state index in [0.717, 1.165) is 42.8 Å². The van der Waals surface area contributed by atoms with Gasteiger partial charge in [0.05, 0.1) is 13.5 Å². The van der Waals surface area contributed by atoms with Gasteiger partial charge in [-0.05, 0) is 72.5 Å². The van der Waals surface area contributed by atoms with E-state index in [9.17, 15) is 4.79 Å². The molecular formula is C24H28N2O2. The van der Waals surface area contributed by atoms with Gasteiger partial charge in [0.15, 0.2) is 0 Å². The molecule has 2 aromatic rings. The van der Waals surface area contributed by atoms with Crippen molar-refractivity contribution in [3.8, 4) is 5.75 Å². The molecule has 0 saturated heterocycles. The number of rotatable bonds is 6. The minimum absolute atomic E-state index is 0.0480. The van der Waals surface area contributed by atoms with Gasteiger partial charge < -0.3 is 9.64 Å². The zero-order valence-electron chi connectivity index (χ0n) is 16.8. The van der Waals surface area contributed by atoms with Gasteiger partial charge in [0.1, 0.15) is 5.75 Å². The molecule has 146 valence electrons. The van der Waals surface area contributed by atoms with Crippen molar-refractivity contribution in [1.82, 2.24) is 4.90 Å². The molecule has 1 amide bonds. The summed E-state index contributed by atoms with van der Waals surface area (Å²) in [5.74, 6) is 1.56. The number of nitrogens with zero attached hydrogens (tertiary/aromatic N) is 2. The highest BCUT2D eigenvalue weighted by atomic mass is 16.5. The molecule has 0 bridgehead atoms. The maximum absolute atomic E-state index is 11.6. The second-order valence-electron chi connectivity index (χ2n) is 7.99. The molecule has 0 spiro atoms. The van der Waals surface area contributed by atoms with Crippen LogP contribution >= 0.6 is 0 Å². The van der Waals surface area contributed by atoms with Crippen LogP contribution in [0.1, 0.15) is 46.6 Å². The fraction of sp³-hybridized carbons (Fsp3) is 0.417. The van der Waals surface area contributed by atoms with Crippen molar-refractivity contribution in [2.24, 2.45) is 4.99 Å². The minimum atomic E-state index is -0.0480. The summed E-state index contributed by atoms with van der Waals surface area (Å²) in [7, 11) is 3.98. The summed E-state index contributed by atoms with van der Waals surface area (Å²) in [4.78, 5) is 17.9. The Morgan fingerprint density at radius 3 is 3.00 bits per heavy atom. The average Bonchev–Trinajstić information content (AvgIpc) is 2.71. The highest BCUT2D eigenvalue weighted by Crippen LogP contribution is 2.36. The topological polar surface area (TPSA) is 41.9 Å². The minimum Gasteiger partial charge on any atom is -0.496 e. The van der Waals surface area contributed by atoms with E-state index in [1.54, 1.807) is 13.3 Å². The van der Waals surface area contributed by atoms with Gasteiger partial charge >= 0.3 is 0 Å². The molecule has 0 aromatic heterocycles. The third-order valence-electron chi connectivity index (χ3n) is 6.02. The lowest BCUT2D eigenvalue weighted by Gasteiger charge is -2.30. The second kappa shape index (κ2) is 8.27. The van der Waals surface area contributed by atoms with Gasteiger partial charge in [0.25, 0.3) is 0 Å². The zero-order chi connectivity index (χ0) is 19.5. The number of likely N-dealkylation sites (N-methyl/N-ethyl adjacent to an activating group) is 1. The van der Waals surface area contributed by atoms with Gasteiger partial charge in [-0.2, -0.15) is 0 Å². The Hall–Kier alpha value is -2.46. The first-order valence-corrected chi connectivity index (χ1v) is 10.2. The van der Waals surface area contributed by atoms with Crippen LogP contribution in [0.4, 0.5) is 0 Å². The Labute approximate surface area is 167 Å². The van der Waals surface area contributed by atoms with Crippen molar-refractivity contribution >= 4 is 12.1 Å². The van der Waals surface area contributed by atoms with Crippen molar-refractivity contribution in [2.45, 2.75) is 38.0 Å². The molecule has 1 heterocycles. The number of carbonyl (C=O) groups is 1. The predicted octanol–water partition coefficient (Wildman–Crippen LogP) is 3.79. The van der Waals surface area contributed by atoms with E-state index in [0.29, 0.717) is 12.3 Å². The van der Waals surface area contributed by atoms with Crippen LogP contribution in [0.3, 0.4) is 0 Å². The van der Waals surface area contributed by atoms with Crippen molar-refractivity contribution in [1.29, 1.82) is 0 Å². The summed E-state index contributed by atoms with van der Waals surface area (Å²) in [6.45, 7) is 2.08. The van der Waals surface area contributed by atoms with Crippen molar-refractivity contribution < 1.29 is 9.53 Å². The van der Waals surface area contributed by atoms with Gasteiger partial charge in [-0.25, -0.2) is 4.99 Å². The lowest BCUT2D eigenvalue weighted by molar-refractivity contribution is -0.117. The van der Waals surface area contributed by atoms with E-state index in [2.05, 4.69) is 53.3 Å². The lowest BCUT2D eigenvalue weighted by atomic mass is 9.82. The van der Waals surface area contributed by atoms with E-state index >= 15 is 0 Å². The lowest BCUT2D eigenvalue weighted by Crippen LogP contribution is -2.28. The van der Waals surface area contributed by atoms with E-state index < -0.39 is 0 Å². The molecule has 4 heteroatoms. The normalized spacial score (nSPS) is 18.1. The average molecular weight is 377 g/mol. The Morgan fingerprint density at radius 2 is 2.14 bits per heavy atom. The number of aliphatic imine (C=N–C) groups is 1. The summed E-state index contributed by atoms with van der Waals surface area (Å²) < 4.78 is 5.58. The molecule has 0 saturated carbocycles. The maximum atomic E-state index is 11.6. The Morgan fingerprint density at radius 1 is 1.25 bits per heavy atom. The van der Waals surface area contributed by atoms with Crippen LogP contribution < -0.4 is 4.74 Å². The summed E-state index contributed by atoms with van der Waals surface area (Å²) >= 11 is 0. The molecule has 0 fully saturated rings. The van der Waals surface area contributed by atoms with Crippen LogP contribution in [0, 0.1) is 0 Å². The van der Waals surface area contributed by atoms with Crippen LogP contribution in [0.5, 0.6) is 5.75 Å². The van der Waals surface area contributed by atoms with Gasteiger partial charge in [0.2, 0.25) is 5.91 Å². The Bertz CT molecular complexity index is 903. The number of hydrogen-bond acceptors (Lipinski definition) is 3. The fourth-order valence-electron chi connectivity index (χ4n) is 4.53. The monoisotopic (exact) mass is 376 g/mol. The Balaban J connectivity index is 1.39.